The van der Waals surface area contributed by atoms with Crippen LogP contribution in [-0.4, -0.2) is 28.3 Å². The lowest BCUT2D eigenvalue weighted by molar-refractivity contribution is 0.00578. The molecule has 1 aromatic rings. The molecule has 15 heavy (non-hydrogen) atoms. The Kier molecular flexibility index (Phi) is 1.54. The molecule has 2 heterocycles. The zero-order valence-corrected chi connectivity index (χ0v) is 9.42. The molecule has 5 heteroatoms. The highest BCUT2D eigenvalue weighted by Crippen LogP contribution is 2.36. The van der Waals surface area contributed by atoms with Gasteiger partial charge in [-0.1, -0.05) is 0 Å². The van der Waals surface area contributed by atoms with Gasteiger partial charge in [0.05, 0.1) is 23.1 Å². The van der Waals surface area contributed by atoms with Gasteiger partial charge < -0.3 is 14.3 Å². The van der Waals surface area contributed by atoms with Gasteiger partial charge in [0.25, 0.3) is 0 Å². The van der Waals surface area contributed by atoms with Crippen molar-refractivity contribution < 1.29 is 13.4 Å². The van der Waals surface area contributed by atoms with Crippen LogP contribution in [0.25, 0.3) is 0 Å². The van der Waals surface area contributed by atoms with E-state index in [-0.39, 0.29) is 5.69 Å². The third kappa shape index (κ3) is 1.60. The van der Waals surface area contributed by atoms with Crippen molar-refractivity contribution in [1.82, 2.24) is 9.97 Å². The van der Waals surface area contributed by atoms with E-state index in [9.17, 15) is 0 Å². The van der Waals surface area contributed by atoms with Gasteiger partial charge in [-0.15, -0.1) is 0 Å². The second kappa shape index (κ2) is 3.09. The van der Waals surface area contributed by atoms with Crippen LogP contribution in [-0.2, 0) is 9.31 Å². The Labute approximate surface area is 94.7 Å². The Hall–Kier alpha value is -0.805. The number of hydrogen-bond acceptors (Lipinski definition) is 3. The first-order valence-electron chi connectivity index (χ1n) is 6.44. The van der Waals surface area contributed by atoms with Crippen LogP contribution < -0.4 is 5.59 Å². The van der Waals surface area contributed by atoms with Crippen LogP contribution in [0.5, 0.6) is 0 Å². The van der Waals surface area contributed by atoms with Crippen molar-refractivity contribution in [2.75, 3.05) is 0 Å². The maximum atomic E-state index is 7.44. The number of aromatic nitrogens is 2. The minimum atomic E-state index is -2.25. The summed E-state index contributed by atoms with van der Waals surface area (Å²) >= 11 is 0. The number of rotatable bonds is 1. The number of nitrogens with one attached hydrogen (secondary N) is 1. The van der Waals surface area contributed by atoms with Crippen molar-refractivity contribution in [2.24, 2.45) is 0 Å². The molecule has 0 aromatic carbocycles. The van der Waals surface area contributed by atoms with E-state index in [1.54, 1.807) is 0 Å². The van der Waals surface area contributed by atoms with Crippen LogP contribution in [0, 0.1) is 6.85 Å². The van der Waals surface area contributed by atoms with E-state index in [2.05, 4.69) is 9.97 Å². The van der Waals surface area contributed by atoms with Gasteiger partial charge in [-0.3, -0.25) is 0 Å². The smallest absolute Gasteiger partial charge is 0.398 e. The summed E-state index contributed by atoms with van der Waals surface area (Å²) in [4.78, 5) is 6.67. The van der Waals surface area contributed by atoms with E-state index in [4.69, 9.17) is 13.4 Å². The first kappa shape index (κ1) is 7.47. The predicted octanol–water partition coefficient (Wildman–Crippen LogP) is 1.02. The Bertz CT molecular complexity index is 440. The van der Waals surface area contributed by atoms with E-state index < -0.39 is 25.2 Å². The lowest BCUT2D eigenvalue weighted by atomic mass is 9.83. The molecular formula is C10H17BN2O2. The summed E-state index contributed by atoms with van der Waals surface area (Å²) < 4.78 is 33.9. The largest absolute Gasteiger partial charge is 0.516 e. The minimum Gasteiger partial charge on any atom is -0.398 e. The normalized spacial score (nSPS) is 27.2. The third-order valence-corrected chi connectivity index (χ3v) is 3.15. The van der Waals surface area contributed by atoms with Crippen molar-refractivity contribution in [2.45, 2.75) is 45.7 Å². The van der Waals surface area contributed by atoms with Crippen molar-refractivity contribution >= 4 is 12.7 Å². The van der Waals surface area contributed by atoms with Gasteiger partial charge in [-0.05, 0) is 34.5 Å². The van der Waals surface area contributed by atoms with Crippen molar-refractivity contribution in [3.63, 3.8) is 0 Å². The van der Waals surface area contributed by atoms with E-state index in [1.165, 1.54) is 6.33 Å². The summed E-state index contributed by atoms with van der Waals surface area (Å²) in [6.45, 7) is 5.39. The fourth-order valence-electron chi connectivity index (χ4n) is 1.44. The lowest BCUT2D eigenvalue weighted by Gasteiger charge is -2.32. The number of hydrogen-bond donors (Lipinski definition) is 1. The number of aryl methyl sites for hydroxylation is 1. The quantitative estimate of drug-likeness (QED) is 0.705. The van der Waals surface area contributed by atoms with Crippen LogP contribution >= 0.6 is 0 Å². The molecule has 1 fully saturated rings. The van der Waals surface area contributed by atoms with Crippen LogP contribution in [0.15, 0.2) is 6.33 Å². The van der Waals surface area contributed by atoms with Gasteiger partial charge in [-0.25, -0.2) is 4.98 Å². The Morgan fingerprint density at radius 3 is 2.47 bits per heavy atom. The summed E-state index contributed by atoms with van der Waals surface area (Å²) in [5.41, 5.74) is -0.653. The monoisotopic (exact) mass is 211 g/mol. The maximum absolute atomic E-state index is 7.44. The topological polar surface area (TPSA) is 47.1 Å². The van der Waals surface area contributed by atoms with E-state index >= 15 is 0 Å². The highest BCUT2D eigenvalue weighted by atomic mass is 16.7. The molecule has 1 N–H and O–H groups in total. The molecule has 1 aromatic heterocycles. The molecule has 0 atom stereocenters. The summed E-state index contributed by atoms with van der Waals surface area (Å²) in [5.74, 6) is 0. The third-order valence-electron chi connectivity index (χ3n) is 3.15. The zero-order valence-electron chi connectivity index (χ0n) is 12.4. The Morgan fingerprint density at radius 2 is 1.93 bits per heavy atom. The summed E-state index contributed by atoms with van der Waals surface area (Å²) in [6, 6.07) is 0. The Balaban J connectivity index is 2.34. The molecule has 4 nitrogen and oxygen atoms in total. The maximum Gasteiger partial charge on any atom is 0.516 e. The van der Waals surface area contributed by atoms with Gasteiger partial charge in [0.15, 0.2) is 0 Å². The highest BCUT2D eigenvalue weighted by molar-refractivity contribution is 6.61. The molecule has 0 amide bonds. The molecular weight excluding hydrogens is 191 g/mol. The average Bonchev–Trinajstić information content (AvgIpc) is 2.68. The van der Waals surface area contributed by atoms with Crippen molar-refractivity contribution in [1.29, 1.82) is 0 Å². The molecule has 2 rings (SSSR count). The van der Waals surface area contributed by atoms with E-state index in [0.29, 0.717) is 5.59 Å². The van der Waals surface area contributed by atoms with Crippen LogP contribution in [0.1, 0.15) is 37.5 Å². The van der Waals surface area contributed by atoms with Gasteiger partial charge in [0, 0.05) is 9.81 Å². The van der Waals surface area contributed by atoms with Crippen LogP contribution in [0.2, 0.25) is 0 Å². The fraction of sp³-hybridized carbons (Fsp3) is 0.700. The second-order valence-electron chi connectivity index (χ2n) is 4.75. The minimum absolute atomic E-state index is 0.0704. The summed E-state index contributed by atoms with van der Waals surface area (Å²) in [5, 5.41) is 0. The molecule has 0 bridgehead atoms. The van der Waals surface area contributed by atoms with Gasteiger partial charge in [-0.2, -0.15) is 0 Å². The molecule has 0 aliphatic carbocycles. The van der Waals surface area contributed by atoms with Crippen molar-refractivity contribution in [3.05, 3.63) is 12.0 Å². The summed E-state index contributed by atoms with van der Waals surface area (Å²) in [7, 11) is -0.753. The van der Waals surface area contributed by atoms with E-state index in [1.807, 2.05) is 27.7 Å². The van der Waals surface area contributed by atoms with Gasteiger partial charge in [0.2, 0.25) is 0 Å². The van der Waals surface area contributed by atoms with Crippen molar-refractivity contribution in [3.8, 4) is 0 Å². The lowest BCUT2D eigenvalue weighted by Crippen LogP contribution is -2.41. The Morgan fingerprint density at radius 1 is 1.33 bits per heavy atom. The SMILES string of the molecule is [2H]C([2H])([2H])c1[nH]cnc1B1OC(C)(C)C(C)(C)O1. The average molecular weight is 211 g/mol. The molecule has 1 aliphatic rings. The number of H-pyrrole nitrogens is 1. The molecule has 0 radical (unpaired) electrons. The molecule has 0 unspecified atom stereocenters. The second-order valence-corrected chi connectivity index (χ2v) is 4.75. The zero-order chi connectivity index (χ0) is 13.8. The standard InChI is InChI=1S/C10H17BN2O2/c1-7-8(13-6-12-7)11-14-9(2,3)10(4,5)15-11/h6H,1-5H3,(H,12,13)/i1D3. The van der Waals surface area contributed by atoms with Gasteiger partial charge in [0.1, 0.15) is 0 Å². The van der Waals surface area contributed by atoms with Crippen LogP contribution in [0.4, 0.5) is 0 Å². The number of imidazole rings is 1. The van der Waals surface area contributed by atoms with Crippen LogP contribution in [0.3, 0.4) is 0 Å². The number of nitrogens with zero attached hydrogens (tertiary/aromatic N) is 1. The number of aromatic amines is 1. The molecule has 1 aliphatic heterocycles. The predicted molar refractivity (Wildman–Crippen MR) is 59.0 cm³/mol. The molecule has 1 saturated heterocycles. The van der Waals surface area contributed by atoms with Gasteiger partial charge >= 0.3 is 7.12 Å². The molecule has 82 valence electrons. The fourth-order valence-corrected chi connectivity index (χ4v) is 1.44. The molecule has 0 saturated carbocycles. The first-order chi connectivity index (χ1) is 8.05. The first-order valence-corrected chi connectivity index (χ1v) is 4.94. The molecule has 0 spiro atoms. The highest BCUT2D eigenvalue weighted by Gasteiger charge is 2.52. The summed E-state index contributed by atoms with van der Waals surface area (Å²) in [6.07, 6.45) is 1.35. The van der Waals surface area contributed by atoms with E-state index in [0.717, 1.165) is 0 Å².